The van der Waals surface area contributed by atoms with Gasteiger partial charge in [0.15, 0.2) is 11.5 Å². The number of nitrogens with one attached hydrogen (secondary N) is 1. The van der Waals surface area contributed by atoms with Crippen molar-refractivity contribution in [3.05, 3.63) is 23.8 Å². The minimum atomic E-state index is 0.143. The quantitative estimate of drug-likeness (QED) is 0.888. The number of ether oxygens (including phenoxy) is 2. The standard InChI is InChI=1S/C15H19NO3/c1-2-12-11(9-15(17)16-12)10-4-5-13-14(8-10)19-7-3-6-18-13/h4-5,8,11-12H,2-3,6-7,9H2,1H3,(H,16,17). The third-order valence-corrected chi connectivity index (χ3v) is 3.88. The monoisotopic (exact) mass is 261 g/mol. The molecular weight excluding hydrogens is 242 g/mol. The molecule has 1 aromatic rings. The van der Waals surface area contributed by atoms with E-state index in [2.05, 4.69) is 18.3 Å². The SMILES string of the molecule is CCC1NC(=O)CC1c1ccc2c(c1)OCCCO2. The molecule has 0 saturated carbocycles. The topological polar surface area (TPSA) is 47.6 Å². The molecule has 4 heteroatoms. The summed E-state index contributed by atoms with van der Waals surface area (Å²) in [5, 5.41) is 3.03. The highest BCUT2D eigenvalue weighted by atomic mass is 16.5. The van der Waals surface area contributed by atoms with Crippen LogP contribution in [-0.2, 0) is 4.79 Å². The predicted molar refractivity (Wildman–Crippen MR) is 71.6 cm³/mol. The van der Waals surface area contributed by atoms with Crippen molar-refractivity contribution in [2.45, 2.75) is 38.1 Å². The molecule has 0 aromatic heterocycles. The molecule has 102 valence electrons. The van der Waals surface area contributed by atoms with Gasteiger partial charge in [-0.15, -0.1) is 0 Å². The summed E-state index contributed by atoms with van der Waals surface area (Å²) in [5.74, 6) is 2.01. The van der Waals surface area contributed by atoms with Gasteiger partial charge in [-0.05, 0) is 24.1 Å². The number of hydrogen-bond acceptors (Lipinski definition) is 3. The van der Waals surface area contributed by atoms with Gasteiger partial charge >= 0.3 is 0 Å². The van der Waals surface area contributed by atoms with Crippen LogP contribution in [0.25, 0.3) is 0 Å². The highest BCUT2D eigenvalue weighted by molar-refractivity contribution is 5.80. The molecule has 3 rings (SSSR count). The Morgan fingerprint density at radius 1 is 1.26 bits per heavy atom. The van der Waals surface area contributed by atoms with E-state index in [9.17, 15) is 4.79 Å². The molecule has 1 N–H and O–H groups in total. The predicted octanol–water partition coefficient (Wildman–Crippen LogP) is 2.23. The van der Waals surface area contributed by atoms with Gasteiger partial charge in [0.25, 0.3) is 0 Å². The Hall–Kier alpha value is -1.71. The minimum Gasteiger partial charge on any atom is -0.490 e. The molecule has 1 amide bonds. The minimum absolute atomic E-state index is 0.143. The van der Waals surface area contributed by atoms with Crippen LogP contribution in [0.15, 0.2) is 18.2 Å². The van der Waals surface area contributed by atoms with Gasteiger partial charge in [-0.25, -0.2) is 0 Å². The van der Waals surface area contributed by atoms with Crippen molar-refractivity contribution in [3.8, 4) is 11.5 Å². The maximum absolute atomic E-state index is 11.6. The van der Waals surface area contributed by atoms with E-state index in [0.29, 0.717) is 19.6 Å². The highest BCUT2D eigenvalue weighted by Gasteiger charge is 2.32. The Morgan fingerprint density at radius 3 is 2.84 bits per heavy atom. The Labute approximate surface area is 113 Å². The van der Waals surface area contributed by atoms with E-state index in [1.165, 1.54) is 0 Å². The van der Waals surface area contributed by atoms with Gasteiger partial charge < -0.3 is 14.8 Å². The van der Waals surface area contributed by atoms with E-state index in [4.69, 9.17) is 9.47 Å². The molecule has 0 bridgehead atoms. The molecule has 1 fully saturated rings. The van der Waals surface area contributed by atoms with E-state index >= 15 is 0 Å². The molecule has 1 saturated heterocycles. The summed E-state index contributed by atoms with van der Waals surface area (Å²) in [6.45, 7) is 3.50. The fraction of sp³-hybridized carbons (Fsp3) is 0.533. The van der Waals surface area contributed by atoms with Gasteiger partial charge in [0.2, 0.25) is 5.91 Å². The summed E-state index contributed by atoms with van der Waals surface area (Å²) in [4.78, 5) is 11.6. The molecule has 0 spiro atoms. The first-order valence-electron chi connectivity index (χ1n) is 6.97. The number of carbonyl (C=O) groups is 1. The van der Waals surface area contributed by atoms with E-state index in [1.54, 1.807) is 0 Å². The molecule has 2 heterocycles. The average Bonchev–Trinajstić information content (AvgIpc) is 2.66. The molecule has 19 heavy (non-hydrogen) atoms. The lowest BCUT2D eigenvalue weighted by molar-refractivity contribution is -0.119. The maximum Gasteiger partial charge on any atom is 0.220 e. The molecule has 2 aliphatic heterocycles. The lowest BCUT2D eigenvalue weighted by atomic mass is 9.90. The smallest absolute Gasteiger partial charge is 0.220 e. The van der Waals surface area contributed by atoms with Crippen LogP contribution < -0.4 is 14.8 Å². The van der Waals surface area contributed by atoms with Crippen molar-refractivity contribution in [1.82, 2.24) is 5.32 Å². The van der Waals surface area contributed by atoms with Gasteiger partial charge in [-0.3, -0.25) is 4.79 Å². The van der Waals surface area contributed by atoms with Crippen LogP contribution in [0.3, 0.4) is 0 Å². The first kappa shape index (κ1) is 12.3. The second-order valence-electron chi connectivity index (χ2n) is 5.15. The summed E-state index contributed by atoms with van der Waals surface area (Å²) in [7, 11) is 0. The second kappa shape index (κ2) is 5.11. The zero-order chi connectivity index (χ0) is 13.2. The van der Waals surface area contributed by atoms with Gasteiger partial charge in [0, 0.05) is 24.8 Å². The number of rotatable bonds is 2. The Bertz CT molecular complexity index is 486. The Morgan fingerprint density at radius 2 is 2.05 bits per heavy atom. The number of carbonyl (C=O) groups excluding carboxylic acids is 1. The van der Waals surface area contributed by atoms with Gasteiger partial charge in [-0.2, -0.15) is 0 Å². The van der Waals surface area contributed by atoms with E-state index < -0.39 is 0 Å². The first-order chi connectivity index (χ1) is 9.28. The van der Waals surface area contributed by atoms with Crippen molar-refractivity contribution in [1.29, 1.82) is 0 Å². The number of hydrogen-bond donors (Lipinski definition) is 1. The summed E-state index contributed by atoms with van der Waals surface area (Å²) in [6.07, 6.45) is 2.42. The number of benzene rings is 1. The molecule has 4 nitrogen and oxygen atoms in total. The summed E-state index contributed by atoms with van der Waals surface area (Å²) >= 11 is 0. The molecule has 0 aliphatic carbocycles. The lowest BCUT2D eigenvalue weighted by Gasteiger charge is -2.18. The summed E-state index contributed by atoms with van der Waals surface area (Å²) in [5.41, 5.74) is 1.16. The maximum atomic E-state index is 11.6. The van der Waals surface area contributed by atoms with Crippen LogP contribution in [0.5, 0.6) is 11.5 Å². The summed E-state index contributed by atoms with van der Waals surface area (Å²) < 4.78 is 11.3. The largest absolute Gasteiger partial charge is 0.490 e. The molecule has 1 aromatic carbocycles. The van der Waals surface area contributed by atoms with E-state index in [-0.39, 0.29) is 17.9 Å². The third-order valence-electron chi connectivity index (χ3n) is 3.88. The van der Waals surface area contributed by atoms with Crippen LogP contribution in [0.1, 0.15) is 37.7 Å². The highest BCUT2D eigenvalue weighted by Crippen LogP contribution is 2.37. The van der Waals surface area contributed by atoms with E-state index in [1.807, 2.05) is 12.1 Å². The van der Waals surface area contributed by atoms with Crippen molar-refractivity contribution in [2.24, 2.45) is 0 Å². The summed E-state index contributed by atoms with van der Waals surface area (Å²) in [6, 6.07) is 6.29. The van der Waals surface area contributed by atoms with Crippen molar-refractivity contribution in [3.63, 3.8) is 0 Å². The average molecular weight is 261 g/mol. The fourth-order valence-corrected chi connectivity index (χ4v) is 2.86. The zero-order valence-electron chi connectivity index (χ0n) is 11.1. The number of fused-ring (bicyclic) bond motifs is 1. The number of amides is 1. The normalized spacial score (nSPS) is 25.8. The van der Waals surface area contributed by atoms with Crippen LogP contribution in [-0.4, -0.2) is 25.2 Å². The van der Waals surface area contributed by atoms with Crippen molar-refractivity contribution >= 4 is 5.91 Å². The van der Waals surface area contributed by atoms with Crippen LogP contribution in [0.4, 0.5) is 0 Å². The van der Waals surface area contributed by atoms with Crippen molar-refractivity contribution in [2.75, 3.05) is 13.2 Å². The van der Waals surface area contributed by atoms with Crippen molar-refractivity contribution < 1.29 is 14.3 Å². The van der Waals surface area contributed by atoms with Gasteiger partial charge in [0.1, 0.15) is 0 Å². The first-order valence-corrected chi connectivity index (χ1v) is 6.97. The zero-order valence-corrected chi connectivity index (χ0v) is 11.1. The second-order valence-corrected chi connectivity index (χ2v) is 5.15. The van der Waals surface area contributed by atoms with Crippen LogP contribution >= 0.6 is 0 Å². The Kier molecular flexibility index (Phi) is 3.32. The molecule has 0 radical (unpaired) electrons. The van der Waals surface area contributed by atoms with Gasteiger partial charge in [0.05, 0.1) is 13.2 Å². The molecule has 2 unspecified atom stereocenters. The van der Waals surface area contributed by atoms with Crippen LogP contribution in [0, 0.1) is 0 Å². The van der Waals surface area contributed by atoms with E-state index in [0.717, 1.165) is 29.9 Å². The molecule has 2 aliphatic rings. The van der Waals surface area contributed by atoms with Gasteiger partial charge in [-0.1, -0.05) is 13.0 Å². The lowest BCUT2D eigenvalue weighted by Crippen LogP contribution is -2.27. The Balaban J connectivity index is 1.89. The molecule has 2 atom stereocenters. The fourth-order valence-electron chi connectivity index (χ4n) is 2.86. The third kappa shape index (κ3) is 2.39. The van der Waals surface area contributed by atoms with Crippen LogP contribution in [0.2, 0.25) is 0 Å². The molecular formula is C15H19NO3.